The van der Waals surface area contributed by atoms with Gasteiger partial charge in [0.2, 0.25) is 0 Å². The topological polar surface area (TPSA) is 341 Å². The fraction of sp³-hybridized carbons (Fsp3) is 0.107. The second-order valence-corrected chi connectivity index (χ2v) is 19.6. The summed E-state index contributed by atoms with van der Waals surface area (Å²) in [5.74, 6) is -0.183. The number of amides is 4. The summed E-state index contributed by atoms with van der Waals surface area (Å²) in [7, 11) is -5.52. The first kappa shape index (κ1) is 68.7. The van der Waals surface area contributed by atoms with Gasteiger partial charge in [0.25, 0.3) is 23.2 Å². The fourth-order valence-corrected chi connectivity index (χ4v) is 7.46. The van der Waals surface area contributed by atoms with Crippen molar-refractivity contribution in [3.63, 3.8) is 0 Å². The van der Waals surface area contributed by atoms with Crippen molar-refractivity contribution in [3.05, 3.63) is 227 Å². The Morgan fingerprint density at radius 3 is 1.05 bits per heavy atom. The lowest BCUT2D eigenvalue weighted by molar-refractivity contribution is -0.382. The molecule has 8 aromatic rings. The van der Waals surface area contributed by atoms with Gasteiger partial charge in [-0.05, 0) is 123 Å². The molecule has 0 fully saturated rings. The molecule has 20 nitrogen and oxygen atoms in total. The van der Waals surface area contributed by atoms with E-state index in [-0.39, 0.29) is 43.7 Å². The lowest BCUT2D eigenvalue weighted by Gasteiger charge is -2.10. The Hall–Kier alpha value is -9.58. The number of hydrogen-bond acceptors (Lipinski definition) is 12. The Balaban J connectivity index is 0.000000320. The monoisotopic (exact) mass is 1210 g/mol. The van der Waals surface area contributed by atoms with Gasteiger partial charge in [-0.1, -0.05) is 47.5 Å². The van der Waals surface area contributed by atoms with Gasteiger partial charge >= 0.3 is 24.2 Å². The fourth-order valence-electron chi connectivity index (χ4n) is 6.52. The molecule has 0 bridgehead atoms. The van der Waals surface area contributed by atoms with Crippen molar-refractivity contribution in [2.45, 2.75) is 36.0 Å². The predicted octanol–water partition coefficient (Wildman–Crippen LogP) is 8.00. The molecule has 0 aliphatic carbocycles. The number of anilines is 2. The van der Waals surface area contributed by atoms with Crippen LogP contribution in [0.4, 0.5) is 37.7 Å². The van der Waals surface area contributed by atoms with Gasteiger partial charge in [-0.3, -0.25) is 19.2 Å². The number of pyridine rings is 2. The normalized spacial score (nSPS) is 10.8. The van der Waals surface area contributed by atoms with Crippen molar-refractivity contribution < 1.29 is 102 Å². The average Bonchev–Trinajstić information content (AvgIpc) is 3.60. The zero-order valence-corrected chi connectivity index (χ0v) is 45.9. The minimum absolute atomic E-state index is 0. The first-order valence-corrected chi connectivity index (χ1v) is 26.4. The number of rotatable bonds is 12. The number of carbonyl (C=O) groups excluding carboxylic acids is 4. The standard InChI is InChI=1S/2C21H16F3N3O3.2C7H8O3S.2H2O/c2*1-25-20(29)18-12-17(9-10-26-18)30-16-7-5-15(6-8-16)27-19(28)13-3-2-4-14(11-13)21(22,23)24;2*1-6-2-4-7(5-3-6)11(8,9)10;;/h2*2-12H,1H3,(H,25,29)(H,27,28);2*2-5H,1H3,(H,8,9,10);2*1H2. The molecule has 0 saturated carbocycles. The highest BCUT2D eigenvalue weighted by Gasteiger charge is 2.32. The van der Waals surface area contributed by atoms with Gasteiger partial charge in [0.05, 0.1) is 33.1 Å². The Morgan fingerprint density at radius 2 is 0.762 bits per heavy atom. The lowest BCUT2D eigenvalue weighted by Crippen LogP contribution is -2.26. The molecule has 0 aliphatic rings. The smallest absolute Gasteiger partial charge is 0.416 e. The van der Waals surface area contributed by atoms with Crippen molar-refractivity contribution >= 4 is 55.2 Å². The molecule has 0 radical (unpaired) electrons. The molecule has 0 aliphatic heterocycles. The molecule has 0 saturated heterocycles. The Kier molecular flexibility index (Phi) is 24.9. The second-order valence-electron chi connectivity index (χ2n) is 16.9. The number of benzene rings is 6. The maximum Gasteiger partial charge on any atom is 0.416 e. The largest absolute Gasteiger partial charge is 0.744 e. The van der Waals surface area contributed by atoms with Crippen LogP contribution in [0.5, 0.6) is 23.0 Å². The molecule has 28 heteroatoms. The summed E-state index contributed by atoms with van der Waals surface area (Å²) in [4.78, 5) is 53.0. The minimum Gasteiger partial charge on any atom is -0.744 e. The molecule has 2 heterocycles. The van der Waals surface area contributed by atoms with Gasteiger partial charge < -0.3 is 50.8 Å². The SMILES string of the molecule is CNC(=O)c1cc(Oc2ccc(NC(=O)c3cccc(C(F)(F)F)c3)cc2)cc[nH+]1.CNC(=O)c1cc(Oc2ccc(NC(=O)c3cccc(C(F)(F)F)c3)cc2)cc[nH+]1.Cc1ccc(S(=O)(=O)[O-])cc1.Cc1ccc(S(=O)(=O)[O-])cc1.O.O. The zero-order chi connectivity index (χ0) is 60.4. The number of halogens is 6. The molecule has 4 amide bonds. The number of H-pyrrole nitrogens is 2. The van der Waals surface area contributed by atoms with Crippen LogP contribution >= 0.6 is 0 Å². The van der Waals surface area contributed by atoms with Crippen LogP contribution in [-0.2, 0) is 32.6 Å². The third-order valence-electron chi connectivity index (χ3n) is 10.7. The summed E-state index contributed by atoms with van der Waals surface area (Å²) in [6.45, 7) is 3.64. The van der Waals surface area contributed by atoms with Crippen molar-refractivity contribution in [2.24, 2.45) is 0 Å². The van der Waals surface area contributed by atoms with E-state index >= 15 is 0 Å². The van der Waals surface area contributed by atoms with E-state index in [1.807, 2.05) is 13.8 Å². The number of aromatic nitrogens is 2. The highest BCUT2D eigenvalue weighted by Crippen LogP contribution is 2.32. The number of alkyl halides is 6. The molecule has 8 rings (SSSR count). The Labute approximate surface area is 476 Å². The summed E-state index contributed by atoms with van der Waals surface area (Å²) in [6.07, 6.45) is -5.93. The van der Waals surface area contributed by atoms with Crippen LogP contribution in [0.2, 0.25) is 0 Å². The van der Waals surface area contributed by atoms with E-state index in [0.717, 1.165) is 35.4 Å². The highest BCUT2D eigenvalue weighted by atomic mass is 32.2. The van der Waals surface area contributed by atoms with E-state index in [2.05, 4.69) is 31.2 Å². The molecule has 84 heavy (non-hydrogen) atoms. The molecule has 444 valence electrons. The van der Waals surface area contributed by atoms with E-state index in [4.69, 9.17) is 9.47 Å². The van der Waals surface area contributed by atoms with Gasteiger partial charge in [0.1, 0.15) is 43.2 Å². The highest BCUT2D eigenvalue weighted by molar-refractivity contribution is 7.86. The van der Waals surface area contributed by atoms with Gasteiger partial charge in [-0.15, -0.1) is 0 Å². The van der Waals surface area contributed by atoms with Crippen LogP contribution in [0.15, 0.2) is 192 Å². The van der Waals surface area contributed by atoms with Crippen LogP contribution in [0, 0.1) is 13.8 Å². The first-order valence-electron chi connectivity index (χ1n) is 23.6. The van der Waals surface area contributed by atoms with Gasteiger partial charge in [0.15, 0.2) is 12.4 Å². The number of ether oxygens (including phenoxy) is 2. The average molecular weight is 1210 g/mol. The maximum absolute atomic E-state index is 12.8. The molecule has 2 aromatic heterocycles. The third kappa shape index (κ3) is 21.7. The Morgan fingerprint density at radius 1 is 0.440 bits per heavy atom. The number of aromatic amines is 2. The van der Waals surface area contributed by atoms with Gasteiger partial charge in [0, 0.05) is 48.7 Å². The number of carbonyl (C=O) groups is 4. The van der Waals surface area contributed by atoms with E-state index in [1.165, 1.54) is 74.8 Å². The number of aryl methyl sites for hydroxylation is 2. The van der Waals surface area contributed by atoms with Gasteiger partial charge in [-0.2, -0.15) is 26.3 Å². The van der Waals surface area contributed by atoms with Crippen LogP contribution in [0.3, 0.4) is 0 Å². The summed E-state index contributed by atoms with van der Waals surface area (Å²) in [6, 6.07) is 38.8. The predicted molar refractivity (Wildman–Crippen MR) is 290 cm³/mol. The number of nitrogens with one attached hydrogen (secondary N) is 6. The quantitative estimate of drug-likeness (QED) is 0.0668. The van der Waals surface area contributed by atoms with E-state index in [1.54, 1.807) is 97.3 Å². The Bertz CT molecular complexity index is 3500. The van der Waals surface area contributed by atoms with Crippen molar-refractivity contribution in [1.29, 1.82) is 0 Å². The molecule has 6 aromatic carbocycles. The maximum atomic E-state index is 12.8. The summed E-state index contributed by atoms with van der Waals surface area (Å²) in [5.41, 5.74) is 1.27. The van der Waals surface area contributed by atoms with Crippen molar-refractivity contribution in [1.82, 2.24) is 10.6 Å². The van der Waals surface area contributed by atoms with E-state index in [0.29, 0.717) is 45.8 Å². The van der Waals surface area contributed by atoms with E-state index < -0.39 is 55.5 Å². The summed E-state index contributed by atoms with van der Waals surface area (Å²) in [5, 5.41) is 10.1. The van der Waals surface area contributed by atoms with Crippen LogP contribution in [0.1, 0.15) is 63.9 Å². The number of hydrogen-bond donors (Lipinski definition) is 4. The molecule has 0 spiro atoms. The van der Waals surface area contributed by atoms with Gasteiger partial charge in [-0.25, -0.2) is 26.8 Å². The zero-order valence-electron chi connectivity index (χ0n) is 44.3. The third-order valence-corrected chi connectivity index (χ3v) is 12.4. The summed E-state index contributed by atoms with van der Waals surface area (Å²) < 4.78 is 150. The molecule has 0 atom stereocenters. The minimum atomic E-state index is -4.53. The lowest BCUT2D eigenvalue weighted by atomic mass is 10.1. The summed E-state index contributed by atoms with van der Waals surface area (Å²) >= 11 is 0. The van der Waals surface area contributed by atoms with Crippen molar-refractivity contribution in [2.75, 3.05) is 24.7 Å². The molecular formula is C56H52F6N6O14S2. The molecule has 10 N–H and O–H groups in total. The van der Waals surface area contributed by atoms with Crippen LogP contribution in [-0.4, -0.2) is 74.6 Å². The van der Waals surface area contributed by atoms with Crippen LogP contribution in [0.25, 0.3) is 0 Å². The first-order chi connectivity index (χ1) is 38.5. The van der Waals surface area contributed by atoms with Crippen LogP contribution < -0.4 is 40.7 Å². The van der Waals surface area contributed by atoms with E-state index in [9.17, 15) is 71.5 Å². The molecular weight excluding hydrogens is 1160 g/mol. The second kappa shape index (κ2) is 30.5. The molecule has 0 unspecified atom stereocenters. The van der Waals surface area contributed by atoms with Crippen molar-refractivity contribution in [3.8, 4) is 23.0 Å².